The van der Waals surface area contributed by atoms with Gasteiger partial charge in [0, 0.05) is 18.0 Å². The third-order valence-corrected chi connectivity index (χ3v) is 3.96. The predicted octanol–water partition coefficient (Wildman–Crippen LogP) is 1.82. The molecule has 3 aromatic heterocycles. The third kappa shape index (κ3) is 3.48. The molecule has 0 aliphatic heterocycles. The minimum Gasteiger partial charge on any atom is -0.466 e. The van der Waals surface area contributed by atoms with Crippen LogP contribution in [0.4, 0.5) is 0 Å². The summed E-state index contributed by atoms with van der Waals surface area (Å²) in [7, 11) is 1.30. The number of ether oxygens (including phenoxy) is 2. The molecule has 0 aromatic carbocycles. The molecule has 0 aliphatic rings. The third-order valence-electron chi connectivity index (χ3n) is 3.24. The molecule has 0 aliphatic carbocycles. The number of halogens is 1. The van der Waals surface area contributed by atoms with E-state index in [0.717, 1.165) is 5.56 Å². The molecular weight excluding hydrogens is 392 g/mol. The van der Waals surface area contributed by atoms with Crippen molar-refractivity contribution in [3.05, 3.63) is 41.5 Å². The summed E-state index contributed by atoms with van der Waals surface area (Å²) in [4.78, 5) is 19.9. The fourth-order valence-corrected chi connectivity index (χ4v) is 2.65. The Morgan fingerprint density at radius 3 is 2.72 bits per heavy atom. The standard InChI is InChI=1S/C15H13BrN6O3/c1-9(15(23)24-2)25-14-12(16)13(10-3-4-19-20-7-10)22(21-14)11-8-17-5-6-18-11/h3-9H,1-2H3/t9-/m1/s1. The van der Waals surface area contributed by atoms with Crippen LogP contribution in [0.1, 0.15) is 6.92 Å². The number of methoxy groups -OCH3 is 1. The zero-order chi connectivity index (χ0) is 17.8. The van der Waals surface area contributed by atoms with Gasteiger partial charge < -0.3 is 9.47 Å². The highest BCUT2D eigenvalue weighted by Crippen LogP contribution is 2.36. The Morgan fingerprint density at radius 1 is 1.24 bits per heavy atom. The zero-order valence-corrected chi connectivity index (χ0v) is 14.9. The van der Waals surface area contributed by atoms with E-state index in [1.165, 1.54) is 7.11 Å². The van der Waals surface area contributed by atoms with E-state index >= 15 is 0 Å². The van der Waals surface area contributed by atoms with Gasteiger partial charge in [0.05, 0.1) is 31.4 Å². The van der Waals surface area contributed by atoms with Gasteiger partial charge in [-0.15, -0.1) is 5.10 Å². The Hall–Kier alpha value is -2.88. The summed E-state index contributed by atoms with van der Waals surface area (Å²) < 4.78 is 12.4. The molecule has 0 saturated carbocycles. The van der Waals surface area contributed by atoms with Gasteiger partial charge in [0.25, 0.3) is 0 Å². The Morgan fingerprint density at radius 2 is 2.08 bits per heavy atom. The second-order valence-corrected chi connectivity index (χ2v) is 5.65. The summed E-state index contributed by atoms with van der Waals surface area (Å²) >= 11 is 3.48. The van der Waals surface area contributed by atoms with Crippen LogP contribution in [-0.2, 0) is 9.53 Å². The molecule has 3 heterocycles. The first-order chi connectivity index (χ1) is 12.1. The van der Waals surface area contributed by atoms with Crippen LogP contribution in [-0.4, -0.2) is 49.1 Å². The van der Waals surface area contributed by atoms with Crippen molar-refractivity contribution >= 4 is 21.9 Å². The van der Waals surface area contributed by atoms with E-state index in [0.29, 0.717) is 16.0 Å². The molecular formula is C15H13BrN6O3. The van der Waals surface area contributed by atoms with Crippen LogP contribution >= 0.6 is 15.9 Å². The summed E-state index contributed by atoms with van der Waals surface area (Å²) in [6, 6.07) is 1.77. The number of hydrogen-bond acceptors (Lipinski definition) is 8. The first kappa shape index (κ1) is 17.0. The fourth-order valence-electron chi connectivity index (χ4n) is 2.08. The first-order valence-electron chi connectivity index (χ1n) is 7.18. The van der Waals surface area contributed by atoms with Crippen LogP contribution in [0.2, 0.25) is 0 Å². The number of esters is 1. The highest BCUT2D eigenvalue weighted by Gasteiger charge is 2.24. The molecule has 0 radical (unpaired) electrons. The van der Waals surface area contributed by atoms with Crippen molar-refractivity contribution in [1.29, 1.82) is 0 Å². The van der Waals surface area contributed by atoms with Crippen molar-refractivity contribution in [1.82, 2.24) is 29.9 Å². The van der Waals surface area contributed by atoms with Crippen molar-refractivity contribution in [2.45, 2.75) is 13.0 Å². The predicted molar refractivity (Wildman–Crippen MR) is 90.0 cm³/mol. The number of nitrogens with zero attached hydrogens (tertiary/aromatic N) is 6. The molecule has 3 rings (SSSR count). The van der Waals surface area contributed by atoms with Gasteiger partial charge in [0.15, 0.2) is 11.9 Å². The second-order valence-electron chi connectivity index (χ2n) is 4.86. The maximum absolute atomic E-state index is 11.6. The number of aromatic nitrogens is 6. The molecule has 9 nitrogen and oxygen atoms in total. The summed E-state index contributed by atoms with van der Waals surface area (Å²) in [5.74, 6) is 0.194. The molecule has 10 heteroatoms. The van der Waals surface area contributed by atoms with Gasteiger partial charge in [-0.25, -0.2) is 14.5 Å². The second kappa shape index (κ2) is 7.34. The first-order valence-corrected chi connectivity index (χ1v) is 7.97. The summed E-state index contributed by atoms with van der Waals surface area (Å²) in [6.45, 7) is 1.58. The van der Waals surface area contributed by atoms with Crippen molar-refractivity contribution in [2.75, 3.05) is 7.11 Å². The zero-order valence-electron chi connectivity index (χ0n) is 13.3. The van der Waals surface area contributed by atoms with E-state index in [1.54, 1.807) is 48.7 Å². The van der Waals surface area contributed by atoms with Gasteiger partial charge in [0.2, 0.25) is 5.88 Å². The Balaban J connectivity index is 2.10. The largest absolute Gasteiger partial charge is 0.466 e. The molecule has 1 atom stereocenters. The van der Waals surface area contributed by atoms with Gasteiger partial charge in [-0.3, -0.25) is 4.98 Å². The number of carbonyl (C=O) groups excluding carboxylic acids is 1. The summed E-state index contributed by atoms with van der Waals surface area (Å²) in [6.07, 6.45) is 7.00. The lowest BCUT2D eigenvalue weighted by molar-refractivity contribution is -0.148. The number of hydrogen-bond donors (Lipinski definition) is 0. The summed E-state index contributed by atoms with van der Waals surface area (Å²) in [5.41, 5.74) is 1.38. The van der Waals surface area contributed by atoms with Crippen LogP contribution in [0.5, 0.6) is 5.88 Å². The highest BCUT2D eigenvalue weighted by molar-refractivity contribution is 9.10. The average Bonchev–Trinajstić information content (AvgIpc) is 2.98. The molecule has 128 valence electrons. The van der Waals surface area contributed by atoms with Crippen molar-refractivity contribution in [2.24, 2.45) is 0 Å². The Labute approximate surface area is 151 Å². The summed E-state index contributed by atoms with van der Waals surface area (Å²) in [5, 5.41) is 12.1. The molecule has 0 amide bonds. The van der Waals surface area contributed by atoms with Gasteiger partial charge in [-0.1, -0.05) is 0 Å². The minimum atomic E-state index is -0.824. The van der Waals surface area contributed by atoms with Crippen LogP contribution in [0, 0.1) is 0 Å². The van der Waals surface area contributed by atoms with E-state index in [4.69, 9.17) is 4.74 Å². The average molecular weight is 405 g/mol. The molecule has 0 unspecified atom stereocenters. The van der Waals surface area contributed by atoms with Crippen molar-refractivity contribution in [3.63, 3.8) is 0 Å². The van der Waals surface area contributed by atoms with Gasteiger partial charge in [0.1, 0.15) is 4.47 Å². The Kier molecular flexibility index (Phi) is 4.98. The molecule has 0 bridgehead atoms. The van der Waals surface area contributed by atoms with E-state index in [2.05, 4.69) is 45.9 Å². The van der Waals surface area contributed by atoms with Gasteiger partial charge in [-0.2, -0.15) is 10.2 Å². The van der Waals surface area contributed by atoms with Crippen LogP contribution in [0.3, 0.4) is 0 Å². The van der Waals surface area contributed by atoms with E-state index in [9.17, 15) is 4.79 Å². The monoisotopic (exact) mass is 404 g/mol. The van der Waals surface area contributed by atoms with Crippen molar-refractivity contribution in [3.8, 4) is 23.0 Å². The molecule has 3 aromatic rings. The number of carbonyl (C=O) groups is 1. The van der Waals surface area contributed by atoms with Crippen LogP contribution < -0.4 is 4.74 Å². The van der Waals surface area contributed by atoms with E-state index in [-0.39, 0.29) is 5.88 Å². The van der Waals surface area contributed by atoms with E-state index in [1.807, 2.05) is 0 Å². The van der Waals surface area contributed by atoms with Crippen LogP contribution in [0.15, 0.2) is 41.5 Å². The highest BCUT2D eigenvalue weighted by atomic mass is 79.9. The molecule has 0 spiro atoms. The normalized spacial score (nSPS) is 11.8. The van der Waals surface area contributed by atoms with Crippen LogP contribution in [0.25, 0.3) is 17.1 Å². The topological polar surface area (TPSA) is 105 Å². The molecule has 0 fully saturated rings. The van der Waals surface area contributed by atoms with Gasteiger partial charge in [-0.05, 0) is 28.9 Å². The minimum absolute atomic E-state index is 0.218. The lowest BCUT2D eigenvalue weighted by Crippen LogP contribution is -2.25. The lowest BCUT2D eigenvalue weighted by atomic mass is 10.2. The molecule has 0 N–H and O–H groups in total. The maximum atomic E-state index is 11.6. The molecule has 25 heavy (non-hydrogen) atoms. The smallest absolute Gasteiger partial charge is 0.346 e. The maximum Gasteiger partial charge on any atom is 0.346 e. The fraction of sp³-hybridized carbons (Fsp3) is 0.200. The lowest BCUT2D eigenvalue weighted by Gasteiger charge is -2.09. The van der Waals surface area contributed by atoms with E-state index < -0.39 is 12.1 Å². The van der Waals surface area contributed by atoms with Gasteiger partial charge >= 0.3 is 5.97 Å². The SMILES string of the molecule is COC(=O)[C@@H](C)Oc1nn(-c2cnccn2)c(-c2ccnnc2)c1Br. The quantitative estimate of drug-likeness (QED) is 0.592. The number of rotatable bonds is 5. The Bertz CT molecular complexity index is 872. The van der Waals surface area contributed by atoms with Crippen molar-refractivity contribution < 1.29 is 14.3 Å². The molecule has 0 saturated heterocycles.